The summed E-state index contributed by atoms with van der Waals surface area (Å²) in [7, 11) is 0. The first-order valence-electron chi connectivity index (χ1n) is 14.0. The molecule has 9 heteroatoms. The Morgan fingerprint density at radius 1 is 0.886 bits per heavy atom. The number of hydrogen-bond donors (Lipinski definition) is 2. The molecule has 2 N–H and O–H groups in total. The standard InChI is InChI=1S/C35H31BrN4O4/c1-3-43-32-21-25(20-30(36)34(32)44-23-33(41)38-28-12-8-5-9-13-28)22-37-39-35(42)27-15-17-29(18-16-27)40-24(2)14-19-31(40)26-10-6-4-7-11-26/h4-22H,3,23H2,1-2H3,(H,38,41)(H,39,42)/b37-22+. The third-order valence-corrected chi connectivity index (χ3v) is 7.24. The van der Waals surface area contributed by atoms with Gasteiger partial charge in [-0.05, 0) is 102 Å². The van der Waals surface area contributed by atoms with Crippen LogP contribution in [-0.4, -0.2) is 35.8 Å². The Kier molecular flexibility index (Phi) is 9.89. The maximum Gasteiger partial charge on any atom is 0.271 e. The number of ether oxygens (including phenoxy) is 2. The van der Waals surface area contributed by atoms with Gasteiger partial charge in [0.15, 0.2) is 18.1 Å². The molecule has 0 radical (unpaired) electrons. The molecule has 0 bridgehead atoms. The highest BCUT2D eigenvalue weighted by Crippen LogP contribution is 2.36. The van der Waals surface area contributed by atoms with Crippen molar-refractivity contribution in [2.45, 2.75) is 13.8 Å². The van der Waals surface area contributed by atoms with E-state index < -0.39 is 0 Å². The summed E-state index contributed by atoms with van der Waals surface area (Å²) in [6, 6.07) is 34.4. The van der Waals surface area contributed by atoms with Gasteiger partial charge < -0.3 is 19.4 Å². The fraction of sp³-hybridized carbons (Fsp3) is 0.114. The highest BCUT2D eigenvalue weighted by atomic mass is 79.9. The smallest absolute Gasteiger partial charge is 0.271 e. The SMILES string of the molecule is CCOc1cc(/C=N/NC(=O)c2ccc(-n3c(C)ccc3-c3ccccc3)cc2)cc(Br)c1OCC(=O)Nc1ccccc1. The molecule has 0 aliphatic rings. The maximum absolute atomic E-state index is 12.8. The molecule has 0 unspecified atom stereocenters. The van der Waals surface area contributed by atoms with Gasteiger partial charge in [-0.2, -0.15) is 5.10 Å². The molecule has 222 valence electrons. The highest BCUT2D eigenvalue weighted by Gasteiger charge is 2.15. The van der Waals surface area contributed by atoms with Crippen LogP contribution in [-0.2, 0) is 4.79 Å². The number of anilines is 1. The Hall–Kier alpha value is -5.15. The van der Waals surface area contributed by atoms with Crippen molar-refractivity contribution in [3.8, 4) is 28.4 Å². The molecular formula is C35H31BrN4O4. The van der Waals surface area contributed by atoms with Crippen LogP contribution in [0.4, 0.5) is 5.69 Å². The van der Waals surface area contributed by atoms with Crippen molar-refractivity contribution in [3.05, 3.63) is 130 Å². The number of rotatable bonds is 11. The number of hydrazone groups is 1. The maximum atomic E-state index is 12.8. The fourth-order valence-electron chi connectivity index (χ4n) is 4.63. The number of halogens is 1. The van der Waals surface area contributed by atoms with Crippen LogP contribution < -0.4 is 20.2 Å². The Morgan fingerprint density at radius 2 is 1.59 bits per heavy atom. The van der Waals surface area contributed by atoms with Crippen molar-refractivity contribution >= 4 is 39.6 Å². The predicted molar refractivity (Wildman–Crippen MR) is 177 cm³/mol. The average molecular weight is 652 g/mol. The number of carbonyl (C=O) groups is 2. The van der Waals surface area contributed by atoms with E-state index in [4.69, 9.17) is 9.47 Å². The summed E-state index contributed by atoms with van der Waals surface area (Å²) >= 11 is 3.50. The third-order valence-electron chi connectivity index (χ3n) is 6.65. The van der Waals surface area contributed by atoms with Gasteiger partial charge in [0, 0.05) is 22.6 Å². The molecule has 0 fully saturated rings. The normalized spacial score (nSPS) is 10.9. The van der Waals surface area contributed by atoms with Gasteiger partial charge in [0.25, 0.3) is 11.8 Å². The number of hydrogen-bond acceptors (Lipinski definition) is 5. The van der Waals surface area contributed by atoms with Crippen molar-refractivity contribution in [3.63, 3.8) is 0 Å². The Bertz CT molecular complexity index is 1770. The number of para-hydroxylation sites is 1. The van der Waals surface area contributed by atoms with Crippen molar-refractivity contribution in [2.75, 3.05) is 18.5 Å². The highest BCUT2D eigenvalue weighted by molar-refractivity contribution is 9.10. The van der Waals surface area contributed by atoms with Crippen molar-refractivity contribution < 1.29 is 19.1 Å². The van der Waals surface area contributed by atoms with Crippen LogP contribution in [0.5, 0.6) is 11.5 Å². The summed E-state index contributed by atoms with van der Waals surface area (Å²) < 4.78 is 14.3. The van der Waals surface area contributed by atoms with E-state index in [0.29, 0.717) is 39.4 Å². The van der Waals surface area contributed by atoms with Crippen LogP contribution in [0.25, 0.3) is 16.9 Å². The summed E-state index contributed by atoms with van der Waals surface area (Å²) in [5.41, 5.74) is 8.65. The third kappa shape index (κ3) is 7.43. The quantitative estimate of drug-likeness (QED) is 0.115. The lowest BCUT2D eigenvalue weighted by atomic mass is 10.1. The van der Waals surface area contributed by atoms with Gasteiger partial charge in [-0.25, -0.2) is 5.43 Å². The Balaban J connectivity index is 1.23. The molecule has 8 nitrogen and oxygen atoms in total. The fourth-order valence-corrected chi connectivity index (χ4v) is 5.20. The first-order chi connectivity index (χ1) is 21.4. The molecule has 2 amide bonds. The van der Waals surface area contributed by atoms with Crippen molar-refractivity contribution in [1.29, 1.82) is 0 Å². The van der Waals surface area contributed by atoms with Crippen LogP contribution in [0.2, 0.25) is 0 Å². The molecule has 0 aliphatic heterocycles. The molecule has 1 aromatic heterocycles. The van der Waals surface area contributed by atoms with E-state index in [-0.39, 0.29) is 18.4 Å². The van der Waals surface area contributed by atoms with E-state index in [9.17, 15) is 9.59 Å². The molecule has 44 heavy (non-hydrogen) atoms. The second-order valence-corrected chi connectivity index (χ2v) is 10.6. The zero-order valence-electron chi connectivity index (χ0n) is 24.3. The molecule has 5 rings (SSSR count). The number of nitrogens with one attached hydrogen (secondary N) is 2. The molecule has 4 aromatic carbocycles. The van der Waals surface area contributed by atoms with Crippen LogP contribution in [0.1, 0.15) is 28.5 Å². The molecule has 0 spiro atoms. The largest absolute Gasteiger partial charge is 0.490 e. The second-order valence-electron chi connectivity index (χ2n) is 9.77. The van der Waals surface area contributed by atoms with Crippen LogP contribution in [0.3, 0.4) is 0 Å². The number of aromatic nitrogens is 1. The van der Waals surface area contributed by atoms with E-state index in [0.717, 1.165) is 22.6 Å². The number of nitrogens with zero attached hydrogens (tertiary/aromatic N) is 2. The lowest BCUT2D eigenvalue weighted by Crippen LogP contribution is -2.20. The van der Waals surface area contributed by atoms with Crippen molar-refractivity contribution in [1.82, 2.24) is 9.99 Å². The lowest BCUT2D eigenvalue weighted by Gasteiger charge is -2.14. The van der Waals surface area contributed by atoms with Gasteiger partial charge in [-0.15, -0.1) is 0 Å². The molecule has 0 aliphatic carbocycles. The minimum atomic E-state index is -0.339. The topological polar surface area (TPSA) is 93.9 Å². The lowest BCUT2D eigenvalue weighted by molar-refractivity contribution is -0.118. The Morgan fingerprint density at radius 3 is 2.30 bits per heavy atom. The van der Waals surface area contributed by atoms with E-state index >= 15 is 0 Å². The zero-order valence-corrected chi connectivity index (χ0v) is 25.9. The van der Waals surface area contributed by atoms with Gasteiger partial charge >= 0.3 is 0 Å². The summed E-state index contributed by atoms with van der Waals surface area (Å²) in [5.74, 6) is 0.193. The summed E-state index contributed by atoms with van der Waals surface area (Å²) in [5, 5.41) is 6.93. The second kappa shape index (κ2) is 14.3. The van der Waals surface area contributed by atoms with E-state index in [1.807, 2.05) is 55.5 Å². The zero-order chi connectivity index (χ0) is 30.9. The molecule has 5 aromatic rings. The summed E-state index contributed by atoms with van der Waals surface area (Å²) in [6.45, 7) is 4.10. The minimum Gasteiger partial charge on any atom is -0.490 e. The van der Waals surface area contributed by atoms with Crippen LogP contribution in [0, 0.1) is 6.92 Å². The van der Waals surface area contributed by atoms with Gasteiger partial charge in [0.1, 0.15) is 0 Å². The first-order valence-corrected chi connectivity index (χ1v) is 14.8. The average Bonchev–Trinajstić information content (AvgIpc) is 3.43. The van der Waals surface area contributed by atoms with Gasteiger partial charge in [0.05, 0.1) is 23.0 Å². The van der Waals surface area contributed by atoms with E-state index in [1.54, 1.807) is 36.4 Å². The van der Waals surface area contributed by atoms with Gasteiger partial charge in [-0.1, -0.05) is 48.5 Å². The molecule has 0 atom stereocenters. The van der Waals surface area contributed by atoms with E-state index in [2.05, 4.69) is 67.5 Å². The van der Waals surface area contributed by atoms with E-state index in [1.165, 1.54) is 6.21 Å². The molecule has 0 saturated heterocycles. The van der Waals surface area contributed by atoms with Crippen molar-refractivity contribution in [2.24, 2.45) is 5.10 Å². The number of carbonyl (C=O) groups excluding carboxylic acids is 2. The summed E-state index contributed by atoms with van der Waals surface area (Å²) in [6.07, 6.45) is 1.51. The Labute approximate surface area is 264 Å². The van der Waals surface area contributed by atoms with Gasteiger partial charge in [-0.3, -0.25) is 9.59 Å². The predicted octanol–water partition coefficient (Wildman–Crippen LogP) is 7.40. The molecular weight excluding hydrogens is 620 g/mol. The number of benzene rings is 4. The molecule has 0 saturated carbocycles. The van der Waals surface area contributed by atoms with Gasteiger partial charge in [0.2, 0.25) is 0 Å². The number of aryl methyl sites for hydroxylation is 1. The first kappa shape index (κ1) is 30.3. The van der Waals surface area contributed by atoms with Crippen LogP contribution in [0.15, 0.2) is 119 Å². The van der Waals surface area contributed by atoms with Crippen LogP contribution >= 0.6 is 15.9 Å². The number of amides is 2. The summed E-state index contributed by atoms with van der Waals surface area (Å²) in [4.78, 5) is 25.2. The molecule has 1 heterocycles. The minimum absolute atomic E-state index is 0.201. The monoisotopic (exact) mass is 650 g/mol.